The third-order valence-corrected chi connectivity index (χ3v) is 4.60. The van der Waals surface area contributed by atoms with Gasteiger partial charge in [-0.3, -0.25) is 9.97 Å². The second kappa shape index (κ2) is 5.73. The second-order valence-electron chi connectivity index (χ2n) is 5.01. The van der Waals surface area contributed by atoms with Crippen molar-refractivity contribution in [1.82, 2.24) is 24.7 Å². The molecule has 0 spiro atoms. The Morgan fingerprint density at radius 3 is 2.74 bits per heavy atom. The van der Waals surface area contributed by atoms with Crippen LogP contribution < -0.4 is 0 Å². The van der Waals surface area contributed by atoms with Crippen LogP contribution in [0, 0.1) is 6.92 Å². The molecule has 0 aliphatic carbocycles. The van der Waals surface area contributed by atoms with E-state index >= 15 is 0 Å². The highest BCUT2D eigenvalue weighted by atomic mass is 32.1. The Balaban J connectivity index is 1.72. The van der Waals surface area contributed by atoms with E-state index < -0.39 is 0 Å². The van der Waals surface area contributed by atoms with Gasteiger partial charge in [0.1, 0.15) is 15.7 Å². The van der Waals surface area contributed by atoms with Gasteiger partial charge in [0.25, 0.3) is 0 Å². The molecule has 4 aromatic rings. The molecule has 112 valence electrons. The number of nitrogens with zero attached hydrogens (tertiary/aromatic N) is 5. The summed E-state index contributed by atoms with van der Waals surface area (Å²) in [5.74, 6) is 0. The fourth-order valence-corrected chi connectivity index (χ4v) is 3.29. The molecule has 4 aromatic heterocycles. The smallest absolute Gasteiger partial charge is 0.140 e. The number of aryl methyl sites for hydroxylation is 1. The van der Waals surface area contributed by atoms with Crippen LogP contribution >= 0.6 is 11.3 Å². The van der Waals surface area contributed by atoms with E-state index in [0.29, 0.717) is 0 Å². The minimum absolute atomic E-state index is 0.848. The van der Waals surface area contributed by atoms with Crippen molar-refractivity contribution in [2.75, 3.05) is 0 Å². The van der Waals surface area contributed by atoms with Gasteiger partial charge < -0.3 is 0 Å². The van der Waals surface area contributed by atoms with Crippen LogP contribution in [0.2, 0.25) is 0 Å². The standard InChI is InChI=1S/C17H13N5S/c1-12-17(23-16(20-12)13-5-4-8-18-11-13)22-10-7-15(21-22)14-6-2-3-9-19-14/h2-11H,1H3. The summed E-state index contributed by atoms with van der Waals surface area (Å²) >= 11 is 1.60. The lowest BCUT2D eigenvalue weighted by Gasteiger charge is -1.97. The summed E-state index contributed by atoms with van der Waals surface area (Å²) in [7, 11) is 0. The van der Waals surface area contributed by atoms with Crippen molar-refractivity contribution in [2.45, 2.75) is 6.92 Å². The van der Waals surface area contributed by atoms with Crippen LogP contribution in [-0.4, -0.2) is 24.7 Å². The number of pyridine rings is 2. The molecule has 0 aliphatic rings. The minimum atomic E-state index is 0.848. The molecule has 0 radical (unpaired) electrons. The maximum absolute atomic E-state index is 4.64. The van der Waals surface area contributed by atoms with E-state index in [-0.39, 0.29) is 0 Å². The first kappa shape index (κ1) is 13.8. The topological polar surface area (TPSA) is 56.5 Å². The molecule has 0 aromatic carbocycles. The van der Waals surface area contributed by atoms with Crippen molar-refractivity contribution in [3.05, 3.63) is 66.9 Å². The highest BCUT2D eigenvalue weighted by Crippen LogP contribution is 2.30. The zero-order chi connectivity index (χ0) is 15.6. The first-order valence-electron chi connectivity index (χ1n) is 7.16. The third-order valence-electron chi connectivity index (χ3n) is 3.41. The molecule has 0 aliphatic heterocycles. The highest BCUT2D eigenvalue weighted by molar-refractivity contribution is 7.17. The van der Waals surface area contributed by atoms with Gasteiger partial charge in [-0.15, -0.1) is 0 Å². The third kappa shape index (κ3) is 2.64. The lowest BCUT2D eigenvalue weighted by molar-refractivity contribution is 0.887. The van der Waals surface area contributed by atoms with E-state index in [0.717, 1.165) is 32.7 Å². The average Bonchev–Trinajstić information content (AvgIpc) is 3.23. The van der Waals surface area contributed by atoms with Crippen LogP contribution in [0.1, 0.15) is 5.69 Å². The van der Waals surface area contributed by atoms with Gasteiger partial charge in [0, 0.05) is 30.4 Å². The maximum Gasteiger partial charge on any atom is 0.140 e. The molecule has 0 fully saturated rings. The van der Waals surface area contributed by atoms with Crippen LogP contribution in [0.5, 0.6) is 0 Å². The number of thiazole rings is 1. The molecule has 0 bridgehead atoms. The number of hydrogen-bond donors (Lipinski definition) is 0. The largest absolute Gasteiger partial charge is 0.264 e. The SMILES string of the molecule is Cc1nc(-c2cccnc2)sc1-n1ccc(-c2ccccn2)n1. The van der Waals surface area contributed by atoms with Gasteiger partial charge in [-0.25, -0.2) is 9.67 Å². The van der Waals surface area contributed by atoms with E-state index in [4.69, 9.17) is 0 Å². The minimum Gasteiger partial charge on any atom is -0.264 e. The molecule has 0 amide bonds. The summed E-state index contributed by atoms with van der Waals surface area (Å²) in [6.07, 6.45) is 7.30. The molecule has 0 atom stereocenters. The van der Waals surface area contributed by atoms with E-state index in [2.05, 4.69) is 20.1 Å². The first-order valence-corrected chi connectivity index (χ1v) is 7.98. The predicted octanol–water partition coefficient (Wildman–Crippen LogP) is 3.76. The monoisotopic (exact) mass is 319 g/mol. The summed E-state index contributed by atoms with van der Waals surface area (Å²) in [4.78, 5) is 13.1. The molecular formula is C17H13N5S. The molecule has 6 heteroatoms. The van der Waals surface area contributed by atoms with E-state index in [1.807, 2.05) is 60.4 Å². The van der Waals surface area contributed by atoms with Gasteiger partial charge in [0.15, 0.2) is 0 Å². The van der Waals surface area contributed by atoms with Gasteiger partial charge in [-0.05, 0) is 37.3 Å². The van der Waals surface area contributed by atoms with Crippen molar-refractivity contribution in [3.8, 4) is 27.0 Å². The second-order valence-corrected chi connectivity index (χ2v) is 5.99. The molecule has 0 N–H and O–H groups in total. The number of aromatic nitrogens is 5. The lowest BCUT2D eigenvalue weighted by atomic mass is 10.3. The zero-order valence-corrected chi connectivity index (χ0v) is 13.2. The molecule has 0 saturated heterocycles. The Labute approximate surface area is 137 Å². The molecule has 0 unspecified atom stereocenters. The Bertz CT molecular complexity index is 928. The summed E-state index contributed by atoms with van der Waals surface area (Å²) in [6, 6.07) is 11.7. The molecule has 5 nitrogen and oxygen atoms in total. The van der Waals surface area contributed by atoms with Crippen LogP contribution in [0.15, 0.2) is 61.2 Å². The Kier molecular flexibility index (Phi) is 3.44. The van der Waals surface area contributed by atoms with Crippen LogP contribution in [-0.2, 0) is 0 Å². The fourth-order valence-electron chi connectivity index (χ4n) is 2.30. The van der Waals surface area contributed by atoms with Crippen molar-refractivity contribution in [3.63, 3.8) is 0 Å². The average molecular weight is 319 g/mol. The van der Waals surface area contributed by atoms with Crippen LogP contribution in [0.25, 0.3) is 27.0 Å². The maximum atomic E-state index is 4.64. The first-order chi connectivity index (χ1) is 11.3. The Morgan fingerprint density at radius 1 is 1.00 bits per heavy atom. The van der Waals surface area contributed by atoms with Crippen LogP contribution in [0.3, 0.4) is 0 Å². The van der Waals surface area contributed by atoms with Gasteiger partial charge in [-0.2, -0.15) is 5.10 Å². The normalized spacial score (nSPS) is 10.8. The quantitative estimate of drug-likeness (QED) is 0.577. The molecule has 4 heterocycles. The van der Waals surface area contributed by atoms with Crippen molar-refractivity contribution in [2.24, 2.45) is 0 Å². The van der Waals surface area contributed by atoms with Gasteiger partial charge in [0.05, 0.1) is 11.4 Å². The Morgan fingerprint density at radius 2 is 1.96 bits per heavy atom. The summed E-state index contributed by atoms with van der Waals surface area (Å²) in [5, 5.41) is 6.58. The van der Waals surface area contributed by atoms with Gasteiger partial charge >= 0.3 is 0 Å². The van der Waals surface area contributed by atoms with Crippen molar-refractivity contribution < 1.29 is 0 Å². The van der Waals surface area contributed by atoms with Gasteiger partial charge in [-0.1, -0.05) is 17.4 Å². The Hall–Kier alpha value is -2.86. The van der Waals surface area contributed by atoms with Gasteiger partial charge in [0.2, 0.25) is 0 Å². The fraction of sp³-hybridized carbons (Fsp3) is 0.0588. The highest BCUT2D eigenvalue weighted by Gasteiger charge is 2.13. The van der Waals surface area contributed by atoms with E-state index in [9.17, 15) is 0 Å². The number of hydrogen-bond acceptors (Lipinski definition) is 5. The molecular weight excluding hydrogens is 306 g/mol. The number of rotatable bonds is 3. The molecule has 0 saturated carbocycles. The molecule has 23 heavy (non-hydrogen) atoms. The summed E-state index contributed by atoms with van der Waals surface area (Å²) in [6.45, 7) is 1.99. The molecule has 4 rings (SSSR count). The summed E-state index contributed by atoms with van der Waals surface area (Å²) in [5.41, 5.74) is 3.68. The summed E-state index contributed by atoms with van der Waals surface area (Å²) < 4.78 is 1.86. The predicted molar refractivity (Wildman–Crippen MR) is 90.4 cm³/mol. The van der Waals surface area contributed by atoms with E-state index in [1.165, 1.54) is 0 Å². The zero-order valence-electron chi connectivity index (χ0n) is 12.4. The van der Waals surface area contributed by atoms with Crippen molar-refractivity contribution in [1.29, 1.82) is 0 Å². The van der Waals surface area contributed by atoms with Crippen molar-refractivity contribution >= 4 is 11.3 Å². The van der Waals surface area contributed by atoms with Crippen LogP contribution in [0.4, 0.5) is 0 Å². The lowest BCUT2D eigenvalue weighted by Crippen LogP contribution is -1.94. The van der Waals surface area contributed by atoms with E-state index in [1.54, 1.807) is 23.7 Å².